The molecule has 0 saturated heterocycles. The summed E-state index contributed by atoms with van der Waals surface area (Å²) in [4.78, 5) is 36.3. The van der Waals surface area contributed by atoms with Crippen molar-refractivity contribution in [3.63, 3.8) is 0 Å². The molecule has 2 amide bonds. The summed E-state index contributed by atoms with van der Waals surface area (Å²) < 4.78 is 1.72. The van der Waals surface area contributed by atoms with Crippen LogP contribution in [-0.4, -0.2) is 43.4 Å². The summed E-state index contributed by atoms with van der Waals surface area (Å²) in [6.07, 6.45) is 0. The second kappa shape index (κ2) is 11.6. The maximum Gasteiger partial charge on any atom is 0.335 e. The lowest BCUT2D eigenvalue weighted by Gasteiger charge is -2.22. The second-order valence-electron chi connectivity index (χ2n) is 7.94. The Balaban J connectivity index is 1.68. The zero-order valence-corrected chi connectivity index (χ0v) is 21.4. The number of hydrogen-bond donors (Lipinski definition) is 3. The summed E-state index contributed by atoms with van der Waals surface area (Å²) >= 11 is 13.3. The lowest BCUT2D eigenvalue weighted by atomic mass is 10.0. The van der Waals surface area contributed by atoms with E-state index < -0.39 is 12.0 Å². The van der Waals surface area contributed by atoms with Gasteiger partial charge in [0.15, 0.2) is 11.0 Å². The number of rotatable bonds is 9. The molecule has 3 rings (SSSR count). The number of carbonyl (C=O) groups is 3. The number of carboxylic acids is 1. The minimum absolute atomic E-state index is 0.0180. The summed E-state index contributed by atoms with van der Waals surface area (Å²) in [5.41, 5.74) is 0.759. The van der Waals surface area contributed by atoms with Gasteiger partial charge in [-0.2, -0.15) is 0 Å². The highest BCUT2D eigenvalue weighted by atomic mass is 35.5. The van der Waals surface area contributed by atoms with Gasteiger partial charge >= 0.3 is 5.97 Å². The summed E-state index contributed by atoms with van der Waals surface area (Å²) in [5, 5.41) is 24.3. The Kier molecular flexibility index (Phi) is 8.76. The molecular weight excluding hydrogens is 513 g/mol. The topological polar surface area (TPSA) is 126 Å². The van der Waals surface area contributed by atoms with Crippen LogP contribution in [0.4, 0.5) is 5.69 Å². The molecule has 9 nitrogen and oxygen atoms in total. The molecule has 35 heavy (non-hydrogen) atoms. The van der Waals surface area contributed by atoms with E-state index in [0.29, 0.717) is 27.3 Å². The number of carbonyl (C=O) groups excluding carboxylic acids is 2. The van der Waals surface area contributed by atoms with Gasteiger partial charge in [0.25, 0.3) is 5.91 Å². The Hall–Kier alpha value is -3.08. The standard InChI is InChI=1S/C23H23Cl2N5O4S/c1-12(2)19(27-21(32)16-8-7-14(24)10-17(16)25)20-28-29-23(30(20)3)35-11-18(31)26-15-6-4-5-13(9-15)22(33)34/h4-10,12,19H,11H2,1-3H3,(H,26,31)(H,27,32)(H,33,34)/t19-/m0/s1. The molecule has 184 valence electrons. The van der Waals surface area contributed by atoms with Crippen molar-refractivity contribution in [1.82, 2.24) is 20.1 Å². The predicted octanol–water partition coefficient (Wildman–Crippen LogP) is 4.68. The number of thioether (sulfide) groups is 1. The van der Waals surface area contributed by atoms with Crippen LogP contribution in [0, 0.1) is 5.92 Å². The zero-order valence-electron chi connectivity index (χ0n) is 19.1. The number of nitrogens with one attached hydrogen (secondary N) is 2. The third-order valence-corrected chi connectivity index (χ3v) is 6.57. The van der Waals surface area contributed by atoms with E-state index >= 15 is 0 Å². The molecule has 3 N–H and O–H groups in total. The van der Waals surface area contributed by atoms with Crippen molar-refractivity contribution < 1.29 is 19.5 Å². The average Bonchev–Trinajstić information content (AvgIpc) is 3.15. The first-order chi connectivity index (χ1) is 16.6. The number of carboxylic acid groups (broad SMARTS) is 1. The van der Waals surface area contributed by atoms with Gasteiger partial charge in [-0.1, -0.05) is 54.9 Å². The van der Waals surface area contributed by atoms with E-state index in [9.17, 15) is 14.4 Å². The number of anilines is 1. The van der Waals surface area contributed by atoms with Crippen LogP contribution in [0.15, 0.2) is 47.6 Å². The fourth-order valence-corrected chi connectivity index (χ4v) is 4.41. The normalized spacial score (nSPS) is 11.8. The van der Waals surface area contributed by atoms with Gasteiger partial charge in [0.1, 0.15) is 0 Å². The maximum atomic E-state index is 12.8. The number of aromatic nitrogens is 3. The van der Waals surface area contributed by atoms with Gasteiger partial charge in [0, 0.05) is 17.8 Å². The molecule has 1 heterocycles. The van der Waals surface area contributed by atoms with Gasteiger partial charge < -0.3 is 20.3 Å². The van der Waals surface area contributed by atoms with E-state index in [2.05, 4.69) is 20.8 Å². The maximum absolute atomic E-state index is 12.8. The molecular formula is C23H23Cl2N5O4S. The summed E-state index contributed by atoms with van der Waals surface area (Å²) in [6, 6.07) is 10.2. The van der Waals surface area contributed by atoms with Crippen LogP contribution in [0.25, 0.3) is 0 Å². The lowest BCUT2D eigenvalue weighted by molar-refractivity contribution is -0.113. The first-order valence-electron chi connectivity index (χ1n) is 10.5. The Morgan fingerprint density at radius 1 is 1.11 bits per heavy atom. The highest BCUT2D eigenvalue weighted by Crippen LogP contribution is 2.26. The van der Waals surface area contributed by atoms with E-state index in [1.165, 1.54) is 30.0 Å². The average molecular weight is 536 g/mol. The molecule has 0 aliphatic heterocycles. The monoisotopic (exact) mass is 535 g/mol. The van der Waals surface area contributed by atoms with E-state index in [1.807, 2.05) is 13.8 Å². The van der Waals surface area contributed by atoms with Crippen molar-refractivity contribution in [2.24, 2.45) is 13.0 Å². The van der Waals surface area contributed by atoms with E-state index in [1.54, 1.807) is 35.9 Å². The molecule has 0 unspecified atom stereocenters. The number of benzene rings is 2. The Bertz CT molecular complexity index is 1260. The predicted molar refractivity (Wildman–Crippen MR) is 135 cm³/mol. The molecule has 0 spiro atoms. The summed E-state index contributed by atoms with van der Waals surface area (Å²) in [7, 11) is 1.75. The van der Waals surface area contributed by atoms with Crippen LogP contribution in [0.5, 0.6) is 0 Å². The first-order valence-corrected chi connectivity index (χ1v) is 12.2. The first kappa shape index (κ1) is 26.5. The van der Waals surface area contributed by atoms with Crippen LogP contribution >= 0.6 is 35.0 Å². The van der Waals surface area contributed by atoms with Crippen molar-refractivity contribution in [2.45, 2.75) is 25.0 Å². The van der Waals surface area contributed by atoms with Crippen molar-refractivity contribution in [1.29, 1.82) is 0 Å². The number of hydrogen-bond acceptors (Lipinski definition) is 6. The van der Waals surface area contributed by atoms with Crippen molar-refractivity contribution in [3.05, 3.63) is 69.5 Å². The van der Waals surface area contributed by atoms with Crippen molar-refractivity contribution in [3.8, 4) is 0 Å². The summed E-state index contributed by atoms with van der Waals surface area (Å²) in [5.74, 6) is -1.24. The second-order valence-corrected chi connectivity index (χ2v) is 9.73. The van der Waals surface area contributed by atoms with Crippen LogP contribution < -0.4 is 10.6 Å². The van der Waals surface area contributed by atoms with Gasteiger partial charge in [0.05, 0.1) is 27.9 Å². The van der Waals surface area contributed by atoms with E-state index in [-0.39, 0.29) is 34.1 Å². The molecule has 0 radical (unpaired) electrons. The third-order valence-electron chi connectivity index (χ3n) is 5.00. The SMILES string of the molecule is CC(C)[C@H](NC(=O)c1ccc(Cl)cc1Cl)c1nnc(SCC(=O)Nc2cccc(C(=O)O)c2)n1C. The minimum Gasteiger partial charge on any atom is -0.478 e. The van der Waals surface area contributed by atoms with Gasteiger partial charge in [-0.05, 0) is 42.3 Å². The smallest absolute Gasteiger partial charge is 0.335 e. The van der Waals surface area contributed by atoms with Crippen LogP contribution in [0.2, 0.25) is 10.0 Å². The fraction of sp³-hybridized carbons (Fsp3) is 0.261. The molecule has 0 aliphatic rings. The minimum atomic E-state index is -1.08. The number of nitrogens with zero attached hydrogens (tertiary/aromatic N) is 3. The van der Waals surface area contributed by atoms with E-state index in [4.69, 9.17) is 28.3 Å². The summed E-state index contributed by atoms with van der Waals surface area (Å²) in [6.45, 7) is 3.88. The lowest BCUT2D eigenvalue weighted by Crippen LogP contribution is -2.33. The zero-order chi connectivity index (χ0) is 25.7. The van der Waals surface area contributed by atoms with Gasteiger partial charge in [0.2, 0.25) is 5.91 Å². The molecule has 0 saturated carbocycles. The highest BCUT2D eigenvalue weighted by molar-refractivity contribution is 7.99. The van der Waals surface area contributed by atoms with Crippen LogP contribution in [-0.2, 0) is 11.8 Å². The molecule has 3 aromatic rings. The highest BCUT2D eigenvalue weighted by Gasteiger charge is 2.26. The molecule has 0 bridgehead atoms. The van der Waals surface area contributed by atoms with Crippen molar-refractivity contribution >= 4 is 58.4 Å². The van der Waals surface area contributed by atoms with Gasteiger partial charge in [-0.3, -0.25) is 9.59 Å². The molecule has 1 atom stereocenters. The third kappa shape index (κ3) is 6.74. The van der Waals surface area contributed by atoms with Gasteiger partial charge in [-0.15, -0.1) is 10.2 Å². The van der Waals surface area contributed by atoms with Crippen LogP contribution in [0.3, 0.4) is 0 Å². The molecule has 0 fully saturated rings. The van der Waals surface area contributed by atoms with Crippen LogP contribution in [0.1, 0.15) is 46.4 Å². The van der Waals surface area contributed by atoms with Gasteiger partial charge in [-0.25, -0.2) is 4.79 Å². The van der Waals surface area contributed by atoms with E-state index in [0.717, 1.165) is 0 Å². The molecule has 12 heteroatoms. The Morgan fingerprint density at radius 3 is 2.51 bits per heavy atom. The quantitative estimate of drug-likeness (QED) is 0.339. The molecule has 2 aromatic carbocycles. The van der Waals surface area contributed by atoms with Crippen molar-refractivity contribution in [2.75, 3.05) is 11.1 Å². The number of aromatic carboxylic acids is 1. The molecule has 1 aromatic heterocycles. The Labute approximate surface area is 216 Å². The largest absolute Gasteiger partial charge is 0.478 e. The number of halogens is 2. The molecule has 0 aliphatic carbocycles. The fourth-order valence-electron chi connectivity index (χ4n) is 3.20. The number of amides is 2. The Morgan fingerprint density at radius 2 is 1.86 bits per heavy atom.